The van der Waals surface area contributed by atoms with Gasteiger partial charge in [-0.05, 0) is 19.8 Å². The van der Waals surface area contributed by atoms with E-state index in [9.17, 15) is 0 Å². The van der Waals surface area contributed by atoms with Gasteiger partial charge < -0.3 is 0 Å². The van der Waals surface area contributed by atoms with Gasteiger partial charge in [-0.15, -0.1) is 0 Å². The van der Waals surface area contributed by atoms with E-state index in [2.05, 4.69) is 42.3 Å². The van der Waals surface area contributed by atoms with Gasteiger partial charge in [0.15, 0.2) is 0 Å². The molecule has 0 aliphatic rings. The Hall–Kier alpha value is -0.790. The molecule has 0 saturated heterocycles. The molecule has 0 atom stereocenters. The first-order chi connectivity index (χ1) is 10.8. The number of aryl methyl sites for hydroxylation is 2. The molecular formula is C20H39N2+. The Bertz CT molecular complexity index is 368. The summed E-state index contributed by atoms with van der Waals surface area (Å²) >= 11 is 0. The largest absolute Gasteiger partial charge is 0.253 e. The SMILES string of the molecule is CCCCCCCCCCCCCC[n+]1ccn(CC)c1C. The summed E-state index contributed by atoms with van der Waals surface area (Å²) in [5.74, 6) is 1.39. The average Bonchev–Trinajstić information content (AvgIpc) is 2.88. The van der Waals surface area contributed by atoms with Crippen LogP contribution in [0.3, 0.4) is 0 Å². The molecule has 0 aliphatic heterocycles. The highest BCUT2D eigenvalue weighted by Crippen LogP contribution is 2.11. The molecule has 0 amide bonds. The van der Waals surface area contributed by atoms with Crippen molar-refractivity contribution >= 4 is 0 Å². The minimum atomic E-state index is 1.08. The molecule has 0 unspecified atom stereocenters. The summed E-state index contributed by atoms with van der Waals surface area (Å²) in [5.41, 5.74) is 0. The van der Waals surface area contributed by atoms with Crippen molar-refractivity contribution in [2.24, 2.45) is 0 Å². The van der Waals surface area contributed by atoms with Crippen LogP contribution in [0.4, 0.5) is 0 Å². The third kappa shape index (κ3) is 8.00. The summed E-state index contributed by atoms with van der Waals surface area (Å²) in [5, 5.41) is 0. The second-order valence-corrected chi connectivity index (χ2v) is 6.71. The predicted molar refractivity (Wildman–Crippen MR) is 96.1 cm³/mol. The maximum atomic E-state index is 2.40. The minimum Gasteiger partial charge on any atom is -0.235 e. The molecule has 1 aromatic rings. The number of hydrogen-bond donors (Lipinski definition) is 0. The molecule has 0 aliphatic carbocycles. The van der Waals surface area contributed by atoms with Gasteiger partial charge in [-0.25, -0.2) is 9.13 Å². The van der Waals surface area contributed by atoms with Crippen LogP contribution in [0, 0.1) is 6.92 Å². The quantitative estimate of drug-likeness (QED) is 0.303. The summed E-state index contributed by atoms with van der Waals surface area (Å²) in [4.78, 5) is 0. The van der Waals surface area contributed by atoms with E-state index in [-0.39, 0.29) is 0 Å². The van der Waals surface area contributed by atoms with Crippen LogP contribution in [0.15, 0.2) is 12.4 Å². The van der Waals surface area contributed by atoms with Gasteiger partial charge in [0.2, 0.25) is 0 Å². The van der Waals surface area contributed by atoms with Crippen LogP contribution < -0.4 is 4.57 Å². The lowest BCUT2D eigenvalue weighted by Crippen LogP contribution is -2.35. The second kappa shape index (κ2) is 12.7. The first kappa shape index (κ1) is 19.3. The summed E-state index contributed by atoms with van der Waals surface area (Å²) in [7, 11) is 0. The number of nitrogens with zero attached hydrogens (tertiary/aromatic N) is 2. The van der Waals surface area contributed by atoms with Crippen molar-refractivity contribution in [2.75, 3.05) is 0 Å². The highest BCUT2D eigenvalue weighted by molar-refractivity contribution is 4.78. The fraction of sp³-hybridized carbons (Fsp3) is 0.850. The summed E-state index contributed by atoms with van der Waals surface area (Å²) < 4.78 is 4.72. The summed E-state index contributed by atoms with van der Waals surface area (Å²) in [6.45, 7) is 9.00. The molecule has 0 N–H and O–H groups in total. The lowest BCUT2D eigenvalue weighted by molar-refractivity contribution is -0.702. The molecule has 1 heterocycles. The smallest absolute Gasteiger partial charge is 0.235 e. The topological polar surface area (TPSA) is 8.81 Å². The van der Waals surface area contributed by atoms with Crippen LogP contribution in [0.25, 0.3) is 0 Å². The van der Waals surface area contributed by atoms with Crippen molar-refractivity contribution in [3.05, 3.63) is 18.2 Å². The van der Waals surface area contributed by atoms with E-state index in [1.165, 1.54) is 89.4 Å². The van der Waals surface area contributed by atoms with Crippen molar-refractivity contribution in [1.82, 2.24) is 4.57 Å². The van der Waals surface area contributed by atoms with Gasteiger partial charge >= 0.3 is 0 Å². The van der Waals surface area contributed by atoms with E-state index >= 15 is 0 Å². The predicted octanol–water partition coefficient (Wildman–Crippen LogP) is 5.81. The molecule has 2 heteroatoms. The lowest BCUT2D eigenvalue weighted by atomic mass is 10.1. The van der Waals surface area contributed by atoms with Crippen molar-refractivity contribution in [2.45, 2.75) is 111 Å². The number of aromatic nitrogens is 2. The molecular weight excluding hydrogens is 268 g/mol. The minimum absolute atomic E-state index is 1.08. The first-order valence-corrected chi connectivity index (χ1v) is 9.84. The van der Waals surface area contributed by atoms with E-state index in [0.717, 1.165) is 6.54 Å². The highest BCUT2D eigenvalue weighted by atomic mass is 15.1. The van der Waals surface area contributed by atoms with Crippen LogP contribution >= 0.6 is 0 Å². The number of rotatable bonds is 14. The van der Waals surface area contributed by atoms with Gasteiger partial charge in [-0.2, -0.15) is 0 Å². The Balaban J connectivity index is 1.88. The molecule has 0 radical (unpaired) electrons. The van der Waals surface area contributed by atoms with Crippen molar-refractivity contribution in [3.63, 3.8) is 0 Å². The summed E-state index contributed by atoms with van der Waals surface area (Å²) in [6, 6.07) is 0. The molecule has 0 aromatic carbocycles. The van der Waals surface area contributed by atoms with Crippen molar-refractivity contribution in [3.8, 4) is 0 Å². The molecule has 1 rings (SSSR count). The molecule has 0 spiro atoms. The van der Waals surface area contributed by atoms with Gasteiger partial charge in [-0.1, -0.05) is 71.1 Å². The maximum absolute atomic E-state index is 2.40. The Morgan fingerprint density at radius 1 is 0.773 bits per heavy atom. The van der Waals surface area contributed by atoms with Gasteiger partial charge in [0.05, 0.1) is 13.1 Å². The van der Waals surface area contributed by atoms with Gasteiger partial charge in [-0.3, -0.25) is 0 Å². The van der Waals surface area contributed by atoms with Gasteiger partial charge in [0, 0.05) is 6.92 Å². The zero-order valence-corrected chi connectivity index (χ0v) is 15.4. The molecule has 0 fully saturated rings. The van der Waals surface area contributed by atoms with Crippen molar-refractivity contribution < 1.29 is 4.57 Å². The van der Waals surface area contributed by atoms with E-state index in [1.54, 1.807) is 0 Å². The Kier molecular flexibility index (Phi) is 11.1. The normalized spacial score (nSPS) is 11.2. The molecule has 22 heavy (non-hydrogen) atoms. The second-order valence-electron chi connectivity index (χ2n) is 6.71. The lowest BCUT2D eigenvalue weighted by Gasteiger charge is -2.03. The zero-order chi connectivity index (χ0) is 16.0. The number of imidazole rings is 1. The van der Waals surface area contributed by atoms with E-state index in [4.69, 9.17) is 0 Å². The molecule has 2 nitrogen and oxygen atoms in total. The zero-order valence-electron chi connectivity index (χ0n) is 15.4. The molecule has 1 aromatic heterocycles. The average molecular weight is 308 g/mol. The van der Waals surface area contributed by atoms with Crippen molar-refractivity contribution in [1.29, 1.82) is 0 Å². The molecule has 128 valence electrons. The van der Waals surface area contributed by atoms with E-state index < -0.39 is 0 Å². The van der Waals surface area contributed by atoms with Gasteiger partial charge in [0.25, 0.3) is 5.82 Å². The molecule has 0 saturated carbocycles. The highest BCUT2D eigenvalue weighted by Gasteiger charge is 2.09. The molecule has 0 bridgehead atoms. The van der Waals surface area contributed by atoms with Crippen LogP contribution in [-0.2, 0) is 13.1 Å². The van der Waals surface area contributed by atoms with Crippen LogP contribution in [0.5, 0.6) is 0 Å². The monoisotopic (exact) mass is 307 g/mol. The Morgan fingerprint density at radius 2 is 1.27 bits per heavy atom. The summed E-state index contributed by atoms with van der Waals surface area (Å²) in [6.07, 6.45) is 21.6. The van der Waals surface area contributed by atoms with E-state index in [0.29, 0.717) is 0 Å². The standard InChI is InChI=1S/C20H39N2/c1-4-6-7-8-9-10-11-12-13-14-15-16-17-22-19-18-21(5-2)20(22)3/h18-19H,4-17H2,1-3H3/q+1. The number of unbranched alkanes of at least 4 members (excludes halogenated alkanes) is 11. The first-order valence-electron chi connectivity index (χ1n) is 9.84. The Labute approximate surface area is 138 Å². The third-order valence-electron chi connectivity index (χ3n) is 4.85. The van der Waals surface area contributed by atoms with E-state index in [1.807, 2.05) is 0 Å². The Morgan fingerprint density at radius 3 is 1.73 bits per heavy atom. The van der Waals surface area contributed by atoms with Crippen LogP contribution in [0.2, 0.25) is 0 Å². The van der Waals surface area contributed by atoms with Crippen LogP contribution in [0.1, 0.15) is 96.7 Å². The van der Waals surface area contributed by atoms with Gasteiger partial charge in [0.1, 0.15) is 12.4 Å². The fourth-order valence-corrected chi connectivity index (χ4v) is 3.24. The van der Waals surface area contributed by atoms with Crippen LogP contribution in [-0.4, -0.2) is 4.57 Å². The third-order valence-corrected chi connectivity index (χ3v) is 4.85. The fourth-order valence-electron chi connectivity index (χ4n) is 3.24. The number of hydrogen-bond acceptors (Lipinski definition) is 0. The maximum Gasteiger partial charge on any atom is 0.253 e.